The minimum Gasteiger partial charge on any atom is -0.323 e. The van der Waals surface area contributed by atoms with Crippen molar-refractivity contribution >= 4 is 5.91 Å². The summed E-state index contributed by atoms with van der Waals surface area (Å²) in [6.07, 6.45) is 4.74. The molecule has 0 radical (unpaired) electrons. The second-order valence-electron chi connectivity index (χ2n) is 6.52. The third-order valence-electron chi connectivity index (χ3n) is 5.06. The molecular formula is C16H31N3O. The number of carbonyl (C=O) groups excluding carboxylic acids is 1. The van der Waals surface area contributed by atoms with Crippen LogP contribution in [-0.2, 0) is 4.79 Å². The molecule has 2 aliphatic rings. The van der Waals surface area contributed by atoms with Crippen molar-refractivity contribution in [3.05, 3.63) is 0 Å². The average molecular weight is 281 g/mol. The van der Waals surface area contributed by atoms with E-state index in [4.69, 9.17) is 0 Å². The van der Waals surface area contributed by atoms with Gasteiger partial charge in [-0.05, 0) is 38.6 Å². The minimum absolute atomic E-state index is 0.0312. The fourth-order valence-corrected chi connectivity index (χ4v) is 3.64. The maximum Gasteiger partial charge on any atom is 0.241 e. The Balaban J connectivity index is 1.94. The van der Waals surface area contributed by atoms with E-state index in [1.165, 1.54) is 13.0 Å². The first-order valence-electron chi connectivity index (χ1n) is 8.39. The first-order valence-corrected chi connectivity index (χ1v) is 8.39. The molecule has 2 rings (SSSR count). The van der Waals surface area contributed by atoms with E-state index in [9.17, 15) is 4.79 Å². The van der Waals surface area contributed by atoms with Crippen LogP contribution in [0.5, 0.6) is 0 Å². The SMILES string of the molecule is CCCN1CCC(N2C(=O)C(C(C)CC)NC2C)CC1. The molecule has 2 aliphatic heterocycles. The minimum atomic E-state index is 0.0312. The van der Waals surface area contributed by atoms with E-state index in [-0.39, 0.29) is 12.2 Å². The summed E-state index contributed by atoms with van der Waals surface area (Å²) < 4.78 is 0. The number of rotatable bonds is 5. The first kappa shape index (κ1) is 15.8. The topological polar surface area (TPSA) is 35.6 Å². The lowest BCUT2D eigenvalue weighted by Gasteiger charge is -2.38. The van der Waals surface area contributed by atoms with Crippen LogP contribution in [0.2, 0.25) is 0 Å². The lowest BCUT2D eigenvalue weighted by atomic mass is 9.98. The molecule has 0 bridgehead atoms. The van der Waals surface area contributed by atoms with Gasteiger partial charge in [-0.1, -0.05) is 27.2 Å². The van der Waals surface area contributed by atoms with Crippen molar-refractivity contribution in [2.24, 2.45) is 5.92 Å². The van der Waals surface area contributed by atoms with Gasteiger partial charge in [0, 0.05) is 19.1 Å². The number of hydrogen-bond donors (Lipinski definition) is 1. The van der Waals surface area contributed by atoms with Crippen LogP contribution in [-0.4, -0.2) is 53.6 Å². The fourth-order valence-electron chi connectivity index (χ4n) is 3.64. The summed E-state index contributed by atoms with van der Waals surface area (Å²) >= 11 is 0. The maximum atomic E-state index is 12.7. The summed E-state index contributed by atoms with van der Waals surface area (Å²) in [5, 5.41) is 3.50. The molecule has 1 N–H and O–H groups in total. The Morgan fingerprint density at radius 3 is 2.50 bits per heavy atom. The van der Waals surface area contributed by atoms with E-state index in [0.717, 1.165) is 32.4 Å². The number of likely N-dealkylation sites (tertiary alicyclic amines) is 1. The molecular weight excluding hydrogens is 250 g/mol. The lowest BCUT2D eigenvalue weighted by molar-refractivity contribution is -0.133. The molecule has 0 aromatic heterocycles. The highest BCUT2D eigenvalue weighted by Crippen LogP contribution is 2.26. The highest BCUT2D eigenvalue weighted by molar-refractivity contribution is 5.84. The highest BCUT2D eigenvalue weighted by atomic mass is 16.2. The quantitative estimate of drug-likeness (QED) is 0.838. The molecule has 0 aromatic carbocycles. The van der Waals surface area contributed by atoms with Crippen molar-refractivity contribution in [2.75, 3.05) is 19.6 Å². The number of piperidine rings is 1. The van der Waals surface area contributed by atoms with Gasteiger partial charge in [-0.2, -0.15) is 0 Å². The molecule has 0 saturated carbocycles. The third-order valence-corrected chi connectivity index (χ3v) is 5.06. The largest absolute Gasteiger partial charge is 0.323 e. The van der Waals surface area contributed by atoms with Gasteiger partial charge in [0.05, 0.1) is 12.2 Å². The van der Waals surface area contributed by atoms with Gasteiger partial charge < -0.3 is 9.80 Å². The molecule has 0 spiro atoms. The molecule has 2 heterocycles. The zero-order chi connectivity index (χ0) is 14.7. The van der Waals surface area contributed by atoms with Crippen LogP contribution in [0, 0.1) is 5.92 Å². The van der Waals surface area contributed by atoms with Gasteiger partial charge >= 0.3 is 0 Å². The Kier molecular flexibility index (Phi) is 5.44. The van der Waals surface area contributed by atoms with Gasteiger partial charge in [0.1, 0.15) is 0 Å². The summed E-state index contributed by atoms with van der Waals surface area (Å²) in [5.74, 6) is 0.760. The monoisotopic (exact) mass is 281 g/mol. The smallest absolute Gasteiger partial charge is 0.241 e. The predicted octanol–water partition coefficient (Wildman–Crippen LogP) is 2.05. The molecule has 0 aromatic rings. The highest BCUT2D eigenvalue weighted by Gasteiger charge is 2.42. The molecule has 116 valence electrons. The maximum absolute atomic E-state index is 12.7. The Morgan fingerprint density at radius 2 is 1.95 bits per heavy atom. The summed E-state index contributed by atoms with van der Waals surface area (Å²) in [7, 11) is 0. The Bertz CT molecular complexity index is 326. The van der Waals surface area contributed by atoms with Gasteiger partial charge in [-0.3, -0.25) is 10.1 Å². The van der Waals surface area contributed by atoms with Crippen molar-refractivity contribution in [3.8, 4) is 0 Å². The predicted molar refractivity (Wildman–Crippen MR) is 82.4 cm³/mol. The molecule has 2 saturated heterocycles. The van der Waals surface area contributed by atoms with Crippen molar-refractivity contribution in [3.63, 3.8) is 0 Å². The first-order chi connectivity index (χ1) is 9.58. The molecule has 3 atom stereocenters. The lowest BCUT2D eigenvalue weighted by Crippen LogP contribution is -2.49. The molecule has 4 nitrogen and oxygen atoms in total. The number of hydrogen-bond acceptors (Lipinski definition) is 3. The summed E-state index contributed by atoms with van der Waals surface area (Å²) in [4.78, 5) is 17.3. The van der Waals surface area contributed by atoms with Gasteiger partial charge in [-0.25, -0.2) is 0 Å². The second-order valence-corrected chi connectivity index (χ2v) is 6.52. The van der Waals surface area contributed by atoms with Crippen LogP contribution < -0.4 is 5.32 Å². The average Bonchev–Trinajstić information content (AvgIpc) is 2.75. The van der Waals surface area contributed by atoms with E-state index in [1.54, 1.807) is 0 Å². The summed E-state index contributed by atoms with van der Waals surface area (Å²) in [5.41, 5.74) is 0. The summed E-state index contributed by atoms with van der Waals surface area (Å²) in [6, 6.07) is 0.468. The van der Waals surface area contributed by atoms with Crippen LogP contribution in [0.4, 0.5) is 0 Å². The molecule has 3 unspecified atom stereocenters. The number of nitrogens with zero attached hydrogens (tertiary/aromatic N) is 2. The number of carbonyl (C=O) groups is 1. The van der Waals surface area contributed by atoms with Crippen LogP contribution in [0.15, 0.2) is 0 Å². The fraction of sp³-hybridized carbons (Fsp3) is 0.938. The van der Waals surface area contributed by atoms with Crippen LogP contribution in [0.1, 0.15) is 53.4 Å². The Labute approximate surface area is 123 Å². The standard InChI is InChI=1S/C16H31N3O/c1-5-9-18-10-7-14(8-11-18)19-13(4)17-15(16(19)20)12(3)6-2/h12-15,17H,5-11H2,1-4H3. The van der Waals surface area contributed by atoms with Crippen LogP contribution >= 0.6 is 0 Å². The third kappa shape index (κ3) is 3.17. The molecule has 1 amide bonds. The normalized spacial score (nSPS) is 31.0. The molecule has 20 heavy (non-hydrogen) atoms. The van der Waals surface area contributed by atoms with Crippen LogP contribution in [0.3, 0.4) is 0 Å². The van der Waals surface area contributed by atoms with E-state index in [2.05, 4.69) is 42.8 Å². The zero-order valence-corrected chi connectivity index (χ0v) is 13.6. The van der Waals surface area contributed by atoms with Crippen molar-refractivity contribution in [1.29, 1.82) is 0 Å². The zero-order valence-electron chi connectivity index (χ0n) is 13.6. The van der Waals surface area contributed by atoms with Crippen molar-refractivity contribution in [2.45, 2.75) is 71.6 Å². The van der Waals surface area contributed by atoms with Crippen LogP contribution in [0.25, 0.3) is 0 Å². The Morgan fingerprint density at radius 1 is 1.30 bits per heavy atom. The number of amides is 1. The van der Waals surface area contributed by atoms with Gasteiger partial charge in [0.2, 0.25) is 5.91 Å². The second kappa shape index (κ2) is 6.90. The van der Waals surface area contributed by atoms with Crippen molar-refractivity contribution in [1.82, 2.24) is 15.1 Å². The van der Waals surface area contributed by atoms with E-state index >= 15 is 0 Å². The van der Waals surface area contributed by atoms with Gasteiger partial charge in [0.25, 0.3) is 0 Å². The molecule has 2 fully saturated rings. The van der Waals surface area contributed by atoms with Crippen molar-refractivity contribution < 1.29 is 4.79 Å². The van der Waals surface area contributed by atoms with Gasteiger partial charge in [-0.15, -0.1) is 0 Å². The van der Waals surface area contributed by atoms with E-state index < -0.39 is 0 Å². The Hall–Kier alpha value is -0.610. The van der Waals surface area contributed by atoms with E-state index in [0.29, 0.717) is 17.9 Å². The number of nitrogens with one attached hydrogen (secondary N) is 1. The molecule has 4 heteroatoms. The van der Waals surface area contributed by atoms with E-state index in [1.807, 2.05) is 0 Å². The molecule has 0 aliphatic carbocycles. The summed E-state index contributed by atoms with van der Waals surface area (Å²) in [6.45, 7) is 12.2. The van der Waals surface area contributed by atoms with Gasteiger partial charge in [0.15, 0.2) is 0 Å².